The van der Waals surface area contributed by atoms with E-state index in [1.165, 1.54) is 0 Å². The van der Waals surface area contributed by atoms with Crippen molar-refractivity contribution >= 4 is 11.9 Å². The second kappa shape index (κ2) is 9.32. The minimum Gasteiger partial charge on any atom is -0.550 e. The van der Waals surface area contributed by atoms with Crippen LogP contribution in [0.25, 0.3) is 0 Å². The fourth-order valence-corrected chi connectivity index (χ4v) is 2.28. The highest BCUT2D eigenvalue weighted by Crippen LogP contribution is 2.20. The lowest BCUT2D eigenvalue weighted by molar-refractivity contribution is -0.306. The molecule has 0 aliphatic carbocycles. The number of rotatable bonds is 9. The lowest BCUT2D eigenvalue weighted by atomic mass is 10.0. The normalized spacial score (nSPS) is 11.4. The van der Waals surface area contributed by atoms with E-state index in [0.717, 1.165) is 0 Å². The van der Waals surface area contributed by atoms with Crippen LogP contribution in [0.1, 0.15) is 24.9 Å². The third-order valence-electron chi connectivity index (χ3n) is 3.41. The Kier molecular flexibility index (Phi) is 6.83. The maximum absolute atomic E-state index is 12.1. The third-order valence-corrected chi connectivity index (χ3v) is 3.41. The van der Waals surface area contributed by atoms with Gasteiger partial charge >= 0.3 is 0 Å². The fourth-order valence-electron chi connectivity index (χ4n) is 2.28. The number of hydrogen-bond acceptors (Lipinski definition) is 5. The zero-order chi connectivity index (χ0) is 18.1. The highest BCUT2D eigenvalue weighted by atomic mass is 16.5. The van der Waals surface area contributed by atoms with E-state index in [1.54, 1.807) is 48.5 Å². The summed E-state index contributed by atoms with van der Waals surface area (Å²) in [6.45, 7) is 2.21. The van der Waals surface area contributed by atoms with Crippen molar-refractivity contribution in [2.24, 2.45) is 0 Å². The number of ether oxygens (including phenoxy) is 2. The van der Waals surface area contributed by atoms with Crippen molar-refractivity contribution in [3.8, 4) is 11.5 Å². The first-order valence-corrected chi connectivity index (χ1v) is 7.98. The summed E-state index contributed by atoms with van der Waals surface area (Å²) >= 11 is 0. The van der Waals surface area contributed by atoms with Crippen LogP contribution in [0.4, 0.5) is 0 Å². The molecule has 2 aromatic carbocycles. The molecule has 0 saturated heterocycles. The molecule has 132 valence electrons. The van der Waals surface area contributed by atoms with Gasteiger partial charge in [0.2, 0.25) is 0 Å². The van der Waals surface area contributed by atoms with Gasteiger partial charge in [-0.15, -0.1) is 0 Å². The molecule has 2 aromatic rings. The zero-order valence-corrected chi connectivity index (χ0v) is 13.9. The molecular formula is C19H20NO5-. The average molecular weight is 342 g/mol. The summed E-state index contributed by atoms with van der Waals surface area (Å²) < 4.78 is 10.7. The molecular weight excluding hydrogens is 322 g/mol. The molecule has 6 nitrogen and oxygen atoms in total. The first kappa shape index (κ1) is 18.3. The summed E-state index contributed by atoms with van der Waals surface area (Å²) in [5.74, 6) is -0.417. The van der Waals surface area contributed by atoms with Crippen molar-refractivity contribution < 1.29 is 24.2 Å². The van der Waals surface area contributed by atoms with Crippen LogP contribution >= 0.6 is 0 Å². The van der Waals surface area contributed by atoms with Gasteiger partial charge in [0.25, 0.3) is 5.91 Å². The number of nitrogens with one attached hydrogen (secondary N) is 1. The Morgan fingerprint density at radius 1 is 1.00 bits per heavy atom. The molecule has 0 aliphatic heterocycles. The highest BCUT2D eigenvalue weighted by Gasteiger charge is 2.15. The van der Waals surface area contributed by atoms with Crippen LogP contribution in [0, 0.1) is 0 Å². The first-order chi connectivity index (χ1) is 12.1. The summed E-state index contributed by atoms with van der Waals surface area (Å²) in [7, 11) is 0. The fraction of sp³-hybridized carbons (Fsp3) is 0.263. The van der Waals surface area contributed by atoms with E-state index >= 15 is 0 Å². The van der Waals surface area contributed by atoms with Crippen LogP contribution in [-0.4, -0.2) is 25.1 Å². The Morgan fingerprint density at radius 3 is 2.24 bits per heavy atom. The Hall–Kier alpha value is -3.02. The maximum atomic E-state index is 12.1. The number of carboxylic acid groups (broad SMARTS) is 1. The monoisotopic (exact) mass is 342 g/mol. The molecule has 0 aliphatic rings. The summed E-state index contributed by atoms with van der Waals surface area (Å²) in [5, 5.41) is 13.7. The van der Waals surface area contributed by atoms with Gasteiger partial charge in [-0.2, -0.15) is 0 Å². The molecule has 1 unspecified atom stereocenters. The van der Waals surface area contributed by atoms with E-state index in [-0.39, 0.29) is 13.0 Å². The second-order valence-corrected chi connectivity index (χ2v) is 5.30. The molecule has 0 aromatic heterocycles. The largest absolute Gasteiger partial charge is 0.550 e. The average Bonchev–Trinajstić information content (AvgIpc) is 2.61. The Balaban J connectivity index is 1.98. The van der Waals surface area contributed by atoms with E-state index in [9.17, 15) is 14.7 Å². The van der Waals surface area contributed by atoms with Crippen molar-refractivity contribution in [1.29, 1.82) is 0 Å². The van der Waals surface area contributed by atoms with E-state index in [2.05, 4.69) is 5.32 Å². The molecule has 1 amide bonds. The van der Waals surface area contributed by atoms with Gasteiger partial charge in [-0.25, -0.2) is 0 Å². The Bertz CT molecular complexity index is 685. The molecule has 0 radical (unpaired) electrons. The van der Waals surface area contributed by atoms with Gasteiger partial charge in [0.15, 0.2) is 6.61 Å². The number of para-hydroxylation sites is 1. The Labute approximate surface area is 146 Å². The van der Waals surface area contributed by atoms with Gasteiger partial charge in [0.05, 0.1) is 12.6 Å². The van der Waals surface area contributed by atoms with Crippen molar-refractivity contribution in [1.82, 2.24) is 5.32 Å². The quantitative estimate of drug-likeness (QED) is 0.745. The molecule has 0 saturated carbocycles. The van der Waals surface area contributed by atoms with Gasteiger partial charge in [0.1, 0.15) is 11.5 Å². The lowest BCUT2D eigenvalue weighted by Crippen LogP contribution is -2.36. The number of hydrogen-bond donors (Lipinski definition) is 1. The van der Waals surface area contributed by atoms with E-state index in [4.69, 9.17) is 9.47 Å². The maximum Gasteiger partial charge on any atom is 0.258 e. The third kappa shape index (κ3) is 6.18. The van der Waals surface area contributed by atoms with Crippen LogP contribution in [0.3, 0.4) is 0 Å². The first-order valence-electron chi connectivity index (χ1n) is 7.98. The van der Waals surface area contributed by atoms with Crippen LogP contribution in [0.2, 0.25) is 0 Å². The molecule has 6 heteroatoms. The summed E-state index contributed by atoms with van der Waals surface area (Å²) in [6.07, 6.45) is -0.328. The van der Waals surface area contributed by atoms with E-state index in [1.807, 2.05) is 13.0 Å². The van der Waals surface area contributed by atoms with Crippen LogP contribution in [0.5, 0.6) is 11.5 Å². The minimum atomic E-state index is -1.25. The molecule has 1 atom stereocenters. The van der Waals surface area contributed by atoms with Gasteiger partial charge in [-0.05, 0) is 36.8 Å². The number of benzene rings is 2. The summed E-state index contributed by atoms with van der Waals surface area (Å²) in [5.41, 5.74) is 0.653. The van der Waals surface area contributed by atoms with Crippen molar-refractivity contribution in [3.63, 3.8) is 0 Å². The topological polar surface area (TPSA) is 87.7 Å². The Morgan fingerprint density at radius 2 is 1.64 bits per heavy atom. The summed E-state index contributed by atoms with van der Waals surface area (Å²) in [6, 6.07) is 15.1. The van der Waals surface area contributed by atoms with Crippen molar-refractivity contribution in [2.75, 3.05) is 13.2 Å². The number of carbonyl (C=O) groups is 2. The lowest BCUT2D eigenvalue weighted by Gasteiger charge is -2.20. The SMILES string of the molecule is CCOc1ccc(C(CC(=O)[O-])NC(=O)COc2ccccc2)cc1. The van der Waals surface area contributed by atoms with Gasteiger partial charge < -0.3 is 24.7 Å². The number of amides is 1. The molecule has 0 spiro atoms. The predicted octanol–water partition coefficient (Wildman–Crippen LogP) is 1.46. The number of carbonyl (C=O) groups excluding carboxylic acids is 2. The minimum absolute atomic E-state index is 0.204. The molecule has 0 heterocycles. The van der Waals surface area contributed by atoms with Crippen molar-refractivity contribution in [2.45, 2.75) is 19.4 Å². The van der Waals surface area contributed by atoms with Crippen LogP contribution < -0.4 is 19.9 Å². The van der Waals surface area contributed by atoms with Gasteiger partial charge in [-0.1, -0.05) is 30.3 Å². The second-order valence-electron chi connectivity index (χ2n) is 5.30. The predicted molar refractivity (Wildman–Crippen MR) is 90.1 cm³/mol. The zero-order valence-electron chi connectivity index (χ0n) is 13.9. The van der Waals surface area contributed by atoms with Crippen LogP contribution in [0.15, 0.2) is 54.6 Å². The molecule has 1 N–H and O–H groups in total. The van der Waals surface area contributed by atoms with E-state index in [0.29, 0.717) is 23.7 Å². The molecule has 0 fully saturated rings. The van der Waals surface area contributed by atoms with Gasteiger partial charge in [-0.3, -0.25) is 4.79 Å². The smallest absolute Gasteiger partial charge is 0.258 e. The van der Waals surface area contributed by atoms with E-state index < -0.39 is 17.9 Å². The molecule has 25 heavy (non-hydrogen) atoms. The standard InChI is InChI=1S/C19H21NO5/c1-2-24-16-10-8-14(9-11-16)17(12-19(22)23)20-18(21)13-25-15-6-4-3-5-7-15/h3-11,17H,2,12-13H2,1H3,(H,20,21)(H,22,23)/p-1. The number of aliphatic carboxylic acids is 1. The van der Waals surface area contributed by atoms with Gasteiger partial charge in [0, 0.05) is 12.4 Å². The van der Waals surface area contributed by atoms with Crippen LogP contribution in [-0.2, 0) is 9.59 Å². The molecule has 2 rings (SSSR count). The number of carboxylic acids is 1. The summed E-state index contributed by atoms with van der Waals surface area (Å²) in [4.78, 5) is 23.1. The van der Waals surface area contributed by atoms with Crippen molar-refractivity contribution in [3.05, 3.63) is 60.2 Å². The molecule has 0 bridgehead atoms. The highest BCUT2D eigenvalue weighted by molar-refractivity contribution is 5.79.